The smallest absolute Gasteiger partial charge is 0.126 e. The number of likely N-dealkylation sites (N-methyl/N-ethyl adjacent to an activating group) is 1. The van der Waals surface area contributed by atoms with E-state index in [2.05, 4.69) is 55.8 Å². The molecular formula is C27H41ClN5P. The molecule has 1 aromatic heterocycles. The average molecular weight is 502 g/mol. The average Bonchev–Trinajstić information content (AvgIpc) is 3.38. The molecule has 2 aromatic rings. The third-order valence-electron chi connectivity index (χ3n) is 6.46. The molecule has 0 saturated carbocycles. The molecule has 1 aliphatic rings. The summed E-state index contributed by atoms with van der Waals surface area (Å²) in [6.07, 6.45) is 10.0. The molecule has 0 radical (unpaired) electrons. The van der Waals surface area contributed by atoms with Crippen LogP contribution in [0.3, 0.4) is 0 Å². The van der Waals surface area contributed by atoms with Crippen molar-refractivity contribution in [2.24, 2.45) is 10.9 Å². The van der Waals surface area contributed by atoms with Crippen LogP contribution < -0.4 is 21.7 Å². The van der Waals surface area contributed by atoms with Crippen molar-refractivity contribution in [1.29, 1.82) is 0 Å². The number of benzene rings is 1. The van der Waals surface area contributed by atoms with Gasteiger partial charge in [-0.05, 0) is 85.9 Å². The molecule has 1 fully saturated rings. The topological polar surface area (TPSA) is 75.3 Å². The van der Waals surface area contributed by atoms with Crippen LogP contribution in [-0.4, -0.2) is 38.4 Å². The molecule has 0 spiro atoms. The van der Waals surface area contributed by atoms with E-state index in [4.69, 9.17) is 17.3 Å². The molecule has 1 saturated heterocycles. The third kappa shape index (κ3) is 7.61. The molecule has 3 unspecified atom stereocenters. The van der Waals surface area contributed by atoms with Crippen molar-refractivity contribution in [3.63, 3.8) is 0 Å². The van der Waals surface area contributed by atoms with Gasteiger partial charge in [0.05, 0.1) is 5.02 Å². The summed E-state index contributed by atoms with van der Waals surface area (Å²) >= 11 is 6.67. The molecule has 3 atom stereocenters. The zero-order chi connectivity index (χ0) is 25.1. The van der Waals surface area contributed by atoms with Crippen molar-refractivity contribution in [2.45, 2.75) is 52.5 Å². The summed E-state index contributed by atoms with van der Waals surface area (Å²) in [6.45, 7) is 8.90. The second-order valence-corrected chi connectivity index (χ2v) is 9.61. The molecule has 2 heterocycles. The van der Waals surface area contributed by atoms with E-state index in [-0.39, 0.29) is 6.04 Å². The predicted octanol–water partition coefficient (Wildman–Crippen LogP) is 4.99. The Hall–Kier alpha value is -1.78. The number of hydrogen-bond acceptors (Lipinski definition) is 5. The van der Waals surface area contributed by atoms with Gasteiger partial charge >= 0.3 is 0 Å². The van der Waals surface area contributed by atoms with Crippen LogP contribution in [0.1, 0.15) is 61.9 Å². The van der Waals surface area contributed by atoms with Crippen LogP contribution in [0.15, 0.2) is 35.5 Å². The summed E-state index contributed by atoms with van der Waals surface area (Å²) < 4.78 is 0. The molecule has 0 bridgehead atoms. The summed E-state index contributed by atoms with van der Waals surface area (Å²) in [4.78, 5) is 8.52. The maximum atomic E-state index is 6.67. The van der Waals surface area contributed by atoms with E-state index in [9.17, 15) is 0 Å². The lowest BCUT2D eigenvalue weighted by molar-refractivity contribution is 0.563. The minimum atomic E-state index is 0.0428. The maximum absolute atomic E-state index is 6.67. The number of aryl methyl sites for hydroxylation is 1. The number of halogens is 1. The quantitative estimate of drug-likeness (QED) is 0.352. The van der Waals surface area contributed by atoms with Gasteiger partial charge in [0.15, 0.2) is 0 Å². The summed E-state index contributed by atoms with van der Waals surface area (Å²) in [5.74, 6) is 1.53. The molecule has 7 heteroatoms. The lowest BCUT2D eigenvalue weighted by atomic mass is 9.93. The zero-order valence-electron chi connectivity index (χ0n) is 21.3. The Morgan fingerprint density at radius 1 is 1.38 bits per heavy atom. The first-order valence-electron chi connectivity index (χ1n) is 12.2. The lowest BCUT2D eigenvalue weighted by Crippen LogP contribution is -2.23. The number of allylic oxidation sites excluding steroid dienone is 2. The number of nitrogens with two attached hydrogens (primary N) is 1. The molecule has 0 amide bonds. The first-order valence-corrected chi connectivity index (χ1v) is 13.1. The van der Waals surface area contributed by atoms with Gasteiger partial charge in [0.2, 0.25) is 0 Å². The summed E-state index contributed by atoms with van der Waals surface area (Å²) in [5, 5.41) is 8.52. The number of nitrogen functional groups attached to an aromatic ring is 1. The van der Waals surface area contributed by atoms with Gasteiger partial charge in [-0.15, -0.1) is 9.24 Å². The number of hydrogen-bond donors (Lipinski definition) is 3. The van der Waals surface area contributed by atoms with Gasteiger partial charge in [-0.25, -0.2) is 4.98 Å². The number of aromatic nitrogens is 1. The van der Waals surface area contributed by atoms with Crippen LogP contribution in [0.5, 0.6) is 0 Å². The monoisotopic (exact) mass is 501 g/mol. The Bertz CT molecular complexity index is 983. The minimum Gasteiger partial charge on any atom is -0.383 e. The highest BCUT2D eigenvalue weighted by Gasteiger charge is 2.20. The third-order valence-corrected chi connectivity index (χ3v) is 7.54. The van der Waals surface area contributed by atoms with Gasteiger partial charge in [0.1, 0.15) is 5.82 Å². The Morgan fingerprint density at radius 3 is 2.68 bits per heavy atom. The molecular weight excluding hydrogens is 461 g/mol. The fourth-order valence-electron chi connectivity index (χ4n) is 4.26. The van der Waals surface area contributed by atoms with Crippen LogP contribution in [0.4, 0.5) is 5.82 Å². The Labute approximate surface area is 213 Å². The molecule has 4 N–H and O–H groups in total. The number of anilines is 1. The molecule has 3 rings (SSSR count). The van der Waals surface area contributed by atoms with E-state index in [1.54, 1.807) is 13.2 Å². The van der Waals surface area contributed by atoms with Crippen LogP contribution >= 0.6 is 20.8 Å². The van der Waals surface area contributed by atoms with E-state index >= 15 is 0 Å². The largest absolute Gasteiger partial charge is 0.383 e. The van der Waals surface area contributed by atoms with Crippen molar-refractivity contribution >= 4 is 43.8 Å². The summed E-state index contributed by atoms with van der Waals surface area (Å²) in [5.41, 5.74) is 11.6. The van der Waals surface area contributed by atoms with Crippen molar-refractivity contribution in [3.8, 4) is 0 Å². The second kappa shape index (κ2) is 14.6. The fourth-order valence-corrected chi connectivity index (χ4v) is 4.83. The highest BCUT2D eigenvalue weighted by Crippen LogP contribution is 2.31. The Balaban J connectivity index is 0.000000497. The standard InChI is InChI=1S/C21H28ClN4P.C6H13N/c1-5-13-7-8-18(27)20(22)19(13)17(25-4)10-15-9-16(12-26-21(15)23)14(6-2)11-24-3;1-2-6-3-4-7-5-6/h6-9,11-12,17,25H,5,10,27H2,1-4H3,(H2,23,26);6-7H,2-5H2,1H3/b14-6+,24-11?;. The molecule has 1 aromatic carbocycles. The van der Waals surface area contributed by atoms with Crippen molar-refractivity contribution in [2.75, 3.05) is 32.9 Å². The van der Waals surface area contributed by atoms with Gasteiger partial charge < -0.3 is 16.4 Å². The van der Waals surface area contributed by atoms with Gasteiger partial charge in [-0.1, -0.05) is 50.1 Å². The van der Waals surface area contributed by atoms with Crippen molar-refractivity contribution in [1.82, 2.24) is 15.6 Å². The summed E-state index contributed by atoms with van der Waals surface area (Å²) in [7, 11) is 6.42. The molecule has 186 valence electrons. The van der Waals surface area contributed by atoms with E-state index in [0.717, 1.165) is 44.9 Å². The first-order chi connectivity index (χ1) is 16.4. The van der Waals surface area contributed by atoms with Gasteiger partial charge in [-0.3, -0.25) is 4.99 Å². The number of nitrogens with zero attached hydrogens (tertiary/aromatic N) is 2. The Kier molecular flexibility index (Phi) is 12.2. The highest BCUT2D eigenvalue weighted by atomic mass is 35.5. The number of aliphatic imine (C=N–C) groups is 1. The van der Waals surface area contributed by atoms with Gasteiger partial charge in [0.25, 0.3) is 0 Å². The summed E-state index contributed by atoms with van der Waals surface area (Å²) in [6, 6.07) is 6.32. The normalized spacial score (nSPS) is 17.0. The maximum Gasteiger partial charge on any atom is 0.126 e. The highest BCUT2D eigenvalue weighted by molar-refractivity contribution is 7.28. The van der Waals surface area contributed by atoms with Crippen molar-refractivity contribution in [3.05, 3.63) is 57.7 Å². The van der Waals surface area contributed by atoms with Gasteiger partial charge in [-0.2, -0.15) is 0 Å². The van der Waals surface area contributed by atoms with Crippen LogP contribution in [0.25, 0.3) is 5.57 Å². The van der Waals surface area contributed by atoms with E-state index in [1.807, 2.05) is 32.3 Å². The van der Waals surface area contributed by atoms with Crippen LogP contribution in [0.2, 0.25) is 5.02 Å². The number of pyridine rings is 1. The van der Waals surface area contributed by atoms with E-state index in [0.29, 0.717) is 12.2 Å². The number of nitrogens with one attached hydrogen (secondary N) is 2. The zero-order valence-corrected chi connectivity index (χ0v) is 23.2. The first kappa shape index (κ1) is 28.5. The fraction of sp³-hybridized carbons (Fsp3) is 0.481. The minimum absolute atomic E-state index is 0.0428. The van der Waals surface area contributed by atoms with Crippen molar-refractivity contribution < 1.29 is 0 Å². The second-order valence-electron chi connectivity index (χ2n) is 8.61. The van der Waals surface area contributed by atoms with Gasteiger partial charge in [0, 0.05) is 31.1 Å². The molecule has 34 heavy (non-hydrogen) atoms. The predicted molar refractivity (Wildman–Crippen MR) is 154 cm³/mol. The molecule has 0 aliphatic carbocycles. The van der Waals surface area contributed by atoms with Crippen LogP contribution in [-0.2, 0) is 12.8 Å². The molecule has 5 nitrogen and oxygen atoms in total. The molecule has 1 aliphatic heterocycles. The van der Waals surface area contributed by atoms with E-state index in [1.165, 1.54) is 31.5 Å². The SMILES string of the molecule is C/C=C(\C=NC)c1cnc(N)c(CC(NC)c2c(CC)ccc(P)c2Cl)c1.CCC1CCNC1. The lowest BCUT2D eigenvalue weighted by Gasteiger charge is -2.23. The van der Waals surface area contributed by atoms with E-state index < -0.39 is 0 Å². The Morgan fingerprint density at radius 2 is 2.15 bits per heavy atom. The number of rotatable bonds is 8. The van der Waals surface area contributed by atoms with Crippen LogP contribution in [0, 0.1) is 5.92 Å².